The van der Waals surface area contributed by atoms with Crippen LogP contribution in [-0.2, 0) is 16.6 Å². The van der Waals surface area contributed by atoms with E-state index >= 15 is 0 Å². The molecule has 1 aromatic rings. The molecule has 6 atom stereocenters. The van der Waals surface area contributed by atoms with Gasteiger partial charge in [0.2, 0.25) is 0 Å². The first-order valence-electron chi connectivity index (χ1n) is 16.6. The zero-order chi connectivity index (χ0) is 29.0. The van der Waals surface area contributed by atoms with Crippen LogP contribution in [0, 0.1) is 23.2 Å². The van der Waals surface area contributed by atoms with Crippen LogP contribution in [0.15, 0.2) is 18.2 Å². The van der Waals surface area contributed by atoms with Crippen molar-refractivity contribution >= 4 is 12.1 Å². The summed E-state index contributed by atoms with van der Waals surface area (Å²) >= 11 is 0. The Balaban J connectivity index is 1.07. The first-order valence-corrected chi connectivity index (χ1v) is 16.6. The van der Waals surface area contributed by atoms with Crippen molar-refractivity contribution in [3.05, 3.63) is 29.3 Å². The predicted molar refractivity (Wildman–Crippen MR) is 160 cm³/mol. The molecule has 4 bridgehead atoms. The number of likely N-dealkylation sites (tertiary alicyclic amines) is 2. The molecule has 8 nitrogen and oxygen atoms in total. The SMILES string of the molecule is COc1ccc2c(c1)C13CCN(CC4CC4)C(C2)C12CCC1C3[C@@H](CN1C(=O)N1CCN(C(=O)OC(C)(C)C)CC1)C2. The van der Waals surface area contributed by atoms with E-state index in [2.05, 4.69) is 28.0 Å². The van der Waals surface area contributed by atoms with Gasteiger partial charge in [-0.05, 0) is 119 Å². The average Bonchev–Trinajstić information content (AvgIpc) is 3.66. The fourth-order valence-corrected chi connectivity index (χ4v) is 10.9. The Morgan fingerprint density at radius 3 is 2.48 bits per heavy atom. The molecule has 0 spiro atoms. The van der Waals surface area contributed by atoms with E-state index in [9.17, 15) is 9.59 Å². The van der Waals surface area contributed by atoms with Crippen LogP contribution in [0.25, 0.3) is 0 Å². The second-order valence-corrected chi connectivity index (χ2v) is 15.5. The van der Waals surface area contributed by atoms with E-state index in [0.29, 0.717) is 55.5 Å². The Morgan fingerprint density at radius 2 is 1.76 bits per heavy atom. The minimum atomic E-state index is -0.512. The normalized spacial score (nSPS) is 36.9. The fraction of sp³-hybridized carbons (Fsp3) is 0.765. The minimum Gasteiger partial charge on any atom is -0.497 e. The lowest BCUT2D eigenvalue weighted by Gasteiger charge is -2.66. The second kappa shape index (κ2) is 9.26. The summed E-state index contributed by atoms with van der Waals surface area (Å²) in [6.07, 6.45) is 8.53. The van der Waals surface area contributed by atoms with Crippen LogP contribution in [0.5, 0.6) is 5.75 Å². The lowest BCUT2D eigenvalue weighted by Crippen LogP contribution is -2.70. The molecule has 3 heterocycles. The summed E-state index contributed by atoms with van der Waals surface area (Å²) in [5.41, 5.74) is 3.03. The highest BCUT2D eigenvalue weighted by atomic mass is 16.6. The van der Waals surface area contributed by atoms with Crippen LogP contribution < -0.4 is 4.74 Å². The smallest absolute Gasteiger partial charge is 0.410 e. The summed E-state index contributed by atoms with van der Waals surface area (Å²) in [5.74, 6) is 2.97. The third kappa shape index (κ3) is 3.82. The summed E-state index contributed by atoms with van der Waals surface area (Å²) in [5, 5.41) is 0. The number of ether oxygens (including phenoxy) is 2. The Bertz CT molecular complexity index is 1280. The second-order valence-electron chi connectivity index (χ2n) is 15.5. The van der Waals surface area contributed by atoms with Crippen LogP contribution in [-0.4, -0.2) is 102 Å². The zero-order valence-corrected chi connectivity index (χ0v) is 25.9. The number of rotatable bonds is 3. The van der Waals surface area contributed by atoms with Crippen LogP contribution in [0.2, 0.25) is 0 Å². The molecule has 6 fully saturated rings. The van der Waals surface area contributed by atoms with Crippen LogP contribution in [0.4, 0.5) is 9.59 Å². The third-order valence-electron chi connectivity index (χ3n) is 12.4. The van der Waals surface area contributed by atoms with Crippen molar-refractivity contribution in [1.29, 1.82) is 0 Å². The number of hydrogen-bond donors (Lipinski definition) is 0. The summed E-state index contributed by atoms with van der Waals surface area (Å²) < 4.78 is 11.4. The number of fused-ring (bicyclic) bond motifs is 1. The van der Waals surface area contributed by atoms with E-state index in [1.807, 2.05) is 25.7 Å². The number of benzene rings is 1. The molecule has 8 rings (SSSR count). The van der Waals surface area contributed by atoms with Crippen LogP contribution in [0.1, 0.15) is 70.4 Å². The van der Waals surface area contributed by atoms with Gasteiger partial charge in [0, 0.05) is 56.8 Å². The molecule has 3 saturated carbocycles. The maximum atomic E-state index is 14.2. The molecule has 3 saturated heterocycles. The molecule has 3 amide bonds. The van der Waals surface area contributed by atoms with E-state index in [1.165, 1.54) is 57.2 Å². The van der Waals surface area contributed by atoms with Gasteiger partial charge in [0.25, 0.3) is 0 Å². The number of carbonyl (C=O) groups excluding carboxylic acids is 2. The topological polar surface area (TPSA) is 65.6 Å². The molecular weight excluding hydrogens is 528 g/mol. The monoisotopic (exact) mass is 576 g/mol. The van der Waals surface area contributed by atoms with Crippen molar-refractivity contribution in [2.24, 2.45) is 23.2 Å². The van der Waals surface area contributed by atoms with Gasteiger partial charge in [-0.1, -0.05) is 6.07 Å². The highest BCUT2D eigenvalue weighted by Gasteiger charge is 2.76. The molecule has 0 aromatic heterocycles. The standard InChI is InChI=1S/C34H48N4O4/c1-32(2,3)42-31(40)36-15-13-35(14-16-36)30(39)38-21-24-19-33-10-9-27(38)29(24)34(33)11-12-37(20-22-5-6-22)28(33)17-23-7-8-25(41-4)18-26(23)34/h7-8,18,22,24,27-29H,5-6,9-17,19-21H2,1-4H3/t24-,27?,28?,29?,33?,34?/m1/s1. The molecule has 228 valence electrons. The van der Waals surface area contributed by atoms with Gasteiger partial charge in [-0.25, -0.2) is 9.59 Å². The van der Waals surface area contributed by atoms with Gasteiger partial charge < -0.3 is 24.2 Å². The maximum absolute atomic E-state index is 14.2. The van der Waals surface area contributed by atoms with Crippen LogP contribution in [0.3, 0.4) is 0 Å². The van der Waals surface area contributed by atoms with Crippen molar-refractivity contribution in [1.82, 2.24) is 19.6 Å². The summed E-state index contributed by atoms with van der Waals surface area (Å²) in [6, 6.07) is 8.03. The molecule has 4 aliphatic carbocycles. The van der Waals surface area contributed by atoms with Gasteiger partial charge >= 0.3 is 12.1 Å². The maximum Gasteiger partial charge on any atom is 0.410 e. The number of piperidine rings is 1. The predicted octanol–water partition coefficient (Wildman–Crippen LogP) is 4.75. The van der Waals surface area contributed by atoms with Gasteiger partial charge in [0.1, 0.15) is 11.4 Å². The van der Waals surface area contributed by atoms with E-state index in [0.717, 1.165) is 24.6 Å². The lowest BCUT2D eigenvalue weighted by atomic mass is 9.43. The van der Waals surface area contributed by atoms with Gasteiger partial charge in [-0.2, -0.15) is 0 Å². The zero-order valence-electron chi connectivity index (χ0n) is 25.9. The molecule has 3 aliphatic heterocycles. The van der Waals surface area contributed by atoms with E-state index in [1.54, 1.807) is 17.6 Å². The van der Waals surface area contributed by atoms with Gasteiger partial charge in [-0.3, -0.25) is 4.90 Å². The quantitative estimate of drug-likeness (QED) is 0.520. The molecule has 7 aliphatic rings. The number of piperazine rings is 1. The Morgan fingerprint density at radius 1 is 1.00 bits per heavy atom. The highest BCUT2D eigenvalue weighted by molar-refractivity contribution is 5.76. The van der Waals surface area contributed by atoms with E-state index in [4.69, 9.17) is 9.47 Å². The first kappa shape index (κ1) is 27.1. The Hall–Kier alpha value is -2.48. The minimum absolute atomic E-state index is 0.137. The van der Waals surface area contributed by atoms with E-state index in [-0.39, 0.29) is 17.5 Å². The summed E-state index contributed by atoms with van der Waals surface area (Å²) in [7, 11) is 1.79. The fourth-order valence-electron chi connectivity index (χ4n) is 10.9. The van der Waals surface area contributed by atoms with Crippen molar-refractivity contribution in [2.75, 3.05) is 52.9 Å². The molecule has 8 heteroatoms. The largest absolute Gasteiger partial charge is 0.497 e. The number of hydrogen-bond acceptors (Lipinski definition) is 5. The van der Waals surface area contributed by atoms with E-state index < -0.39 is 5.60 Å². The number of amides is 3. The average molecular weight is 577 g/mol. The number of carbonyl (C=O) groups is 2. The molecular formula is C34H48N4O4. The number of nitrogens with zero attached hydrogens (tertiary/aromatic N) is 4. The Kier molecular flexibility index (Phi) is 5.97. The van der Waals surface area contributed by atoms with Gasteiger partial charge in [-0.15, -0.1) is 0 Å². The van der Waals surface area contributed by atoms with Gasteiger partial charge in [0.05, 0.1) is 7.11 Å². The molecule has 1 aromatic carbocycles. The molecule has 5 unspecified atom stereocenters. The Labute approximate surface area is 250 Å². The van der Waals surface area contributed by atoms with Crippen molar-refractivity contribution in [2.45, 2.75) is 88.8 Å². The van der Waals surface area contributed by atoms with Crippen LogP contribution >= 0.6 is 0 Å². The van der Waals surface area contributed by atoms with Crippen molar-refractivity contribution in [3.8, 4) is 5.75 Å². The summed E-state index contributed by atoms with van der Waals surface area (Å²) in [6.45, 7) is 11.3. The third-order valence-corrected chi connectivity index (χ3v) is 12.4. The number of methoxy groups -OCH3 is 1. The molecule has 0 N–H and O–H groups in total. The number of urea groups is 1. The van der Waals surface area contributed by atoms with Crippen molar-refractivity contribution < 1.29 is 19.1 Å². The van der Waals surface area contributed by atoms with Crippen molar-refractivity contribution in [3.63, 3.8) is 0 Å². The van der Waals surface area contributed by atoms with Gasteiger partial charge in [0.15, 0.2) is 0 Å². The molecule has 42 heavy (non-hydrogen) atoms. The molecule has 0 radical (unpaired) electrons. The highest BCUT2D eigenvalue weighted by Crippen LogP contribution is 2.75. The first-order chi connectivity index (χ1) is 20.1. The summed E-state index contributed by atoms with van der Waals surface area (Å²) in [4.78, 5) is 35.7. The lowest BCUT2D eigenvalue weighted by molar-refractivity contribution is -0.102.